The van der Waals surface area contributed by atoms with E-state index >= 15 is 0 Å². The van der Waals surface area contributed by atoms with Gasteiger partial charge >= 0.3 is 0 Å². The fraction of sp³-hybridized carbons (Fsp3) is 0.950. The summed E-state index contributed by atoms with van der Waals surface area (Å²) in [4.78, 5) is 14.6. The predicted octanol–water partition coefficient (Wildman–Crippen LogP) is 3.81. The molecule has 24 heavy (non-hydrogen) atoms. The first-order valence-corrected chi connectivity index (χ1v) is 10.3. The highest BCUT2D eigenvalue weighted by Gasteiger charge is 2.44. The van der Waals surface area contributed by atoms with Crippen LogP contribution in [0.1, 0.15) is 79.1 Å². The molecule has 0 aliphatic carbocycles. The first kappa shape index (κ1) is 23.4. The lowest BCUT2D eigenvalue weighted by Crippen LogP contribution is -2.61. The number of unbranched alkanes of at least 4 members (excludes halogenated alkanes) is 6. The number of hydrogen-bond acceptors (Lipinski definition) is 3. The van der Waals surface area contributed by atoms with Gasteiger partial charge in [-0.3, -0.25) is 4.79 Å². The van der Waals surface area contributed by atoms with Gasteiger partial charge in [0.15, 0.2) is 0 Å². The van der Waals surface area contributed by atoms with E-state index < -0.39 is 0 Å². The van der Waals surface area contributed by atoms with Gasteiger partial charge in [-0.2, -0.15) is 0 Å². The molecule has 0 radical (unpaired) electrons. The zero-order valence-electron chi connectivity index (χ0n) is 17.0. The molecular weight excluding hydrogens is 298 g/mol. The number of amides is 1. The van der Waals surface area contributed by atoms with Crippen LogP contribution in [0.25, 0.3) is 0 Å². The Balaban J connectivity index is 0.00000254. The average molecular weight is 342 g/mol. The second-order valence-electron chi connectivity index (χ2n) is 7.11. The van der Waals surface area contributed by atoms with Crippen molar-refractivity contribution in [3.05, 3.63) is 0 Å². The number of carbonyl (C=O) groups is 1. The van der Waals surface area contributed by atoms with E-state index in [4.69, 9.17) is 0 Å². The Morgan fingerprint density at radius 1 is 0.958 bits per heavy atom. The molecule has 1 fully saturated rings. The molecule has 0 aromatic carbocycles. The molecule has 4 heteroatoms. The largest absolute Gasteiger partial charge is 0.356 e. The SMILES string of the molecule is CC.CCCCN1CC(C)(C(=O)NCCCCCCCCNC)C1. The van der Waals surface area contributed by atoms with Gasteiger partial charge in [0.25, 0.3) is 0 Å². The third-order valence-electron chi connectivity index (χ3n) is 4.66. The second kappa shape index (κ2) is 14.7. The number of nitrogens with zero attached hydrogens (tertiary/aromatic N) is 1. The van der Waals surface area contributed by atoms with Gasteiger partial charge < -0.3 is 15.5 Å². The summed E-state index contributed by atoms with van der Waals surface area (Å²) in [6.45, 7) is 13.3. The molecule has 2 N–H and O–H groups in total. The van der Waals surface area contributed by atoms with Crippen LogP contribution < -0.4 is 10.6 Å². The maximum absolute atomic E-state index is 12.2. The van der Waals surface area contributed by atoms with Crippen molar-refractivity contribution in [1.29, 1.82) is 0 Å². The molecule has 1 amide bonds. The molecule has 0 saturated carbocycles. The molecule has 0 unspecified atom stereocenters. The third-order valence-corrected chi connectivity index (χ3v) is 4.66. The number of likely N-dealkylation sites (tertiary alicyclic amines) is 1. The monoisotopic (exact) mass is 341 g/mol. The lowest BCUT2D eigenvalue weighted by Gasteiger charge is -2.46. The molecule has 1 aliphatic heterocycles. The van der Waals surface area contributed by atoms with Crippen LogP contribution >= 0.6 is 0 Å². The van der Waals surface area contributed by atoms with E-state index in [1.807, 2.05) is 20.9 Å². The Kier molecular flexibility index (Phi) is 14.3. The van der Waals surface area contributed by atoms with Gasteiger partial charge in [0.2, 0.25) is 5.91 Å². The van der Waals surface area contributed by atoms with E-state index in [0.717, 1.165) is 39.1 Å². The van der Waals surface area contributed by atoms with E-state index in [1.54, 1.807) is 0 Å². The Bertz CT molecular complexity index is 301. The van der Waals surface area contributed by atoms with Crippen molar-refractivity contribution in [3.63, 3.8) is 0 Å². The Labute approximate surface area is 151 Å². The third kappa shape index (κ3) is 9.63. The first-order chi connectivity index (χ1) is 11.6. The van der Waals surface area contributed by atoms with Crippen molar-refractivity contribution in [1.82, 2.24) is 15.5 Å². The van der Waals surface area contributed by atoms with Crippen molar-refractivity contribution in [2.45, 2.75) is 79.1 Å². The van der Waals surface area contributed by atoms with Crippen LogP contribution in [0.15, 0.2) is 0 Å². The van der Waals surface area contributed by atoms with Gasteiger partial charge in [-0.25, -0.2) is 0 Å². The lowest BCUT2D eigenvalue weighted by molar-refractivity contribution is -0.139. The molecule has 1 aliphatic rings. The van der Waals surface area contributed by atoms with Gasteiger partial charge in [0, 0.05) is 19.6 Å². The van der Waals surface area contributed by atoms with Crippen LogP contribution in [0.5, 0.6) is 0 Å². The van der Waals surface area contributed by atoms with Crippen LogP contribution in [0.4, 0.5) is 0 Å². The molecular formula is C20H43N3O. The maximum Gasteiger partial charge on any atom is 0.228 e. The zero-order chi connectivity index (χ0) is 18.3. The van der Waals surface area contributed by atoms with E-state index in [9.17, 15) is 4.79 Å². The van der Waals surface area contributed by atoms with Crippen molar-refractivity contribution in [3.8, 4) is 0 Å². The Morgan fingerprint density at radius 3 is 2.04 bits per heavy atom. The topological polar surface area (TPSA) is 44.4 Å². The standard InChI is InChI=1S/C18H37N3O.C2H6/c1-4-5-14-21-15-18(2,16-21)17(22)20-13-11-9-7-6-8-10-12-19-3;1-2/h19H,4-16H2,1-3H3,(H,20,22);1-2H3. The predicted molar refractivity (Wildman–Crippen MR) is 105 cm³/mol. The van der Waals surface area contributed by atoms with Gasteiger partial charge in [-0.1, -0.05) is 52.9 Å². The van der Waals surface area contributed by atoms with Crippen LogP contribution in [-0.4, -0.2) is 50.6 Å². The van der Waals surface area contributed by atoms with E-state index in [-0.39, 0.29) is 11.3 Å². The second-order valence-corrected chi connectivity index (χ2v) is 7.11. The van der Waals surface area contributed by atoms with Crippen LogP contribution in [0.3, 0.4) is 0 Å². The minimum Gasteiger partial charge on any atom is -0.356 e. The molecule has 1 saturated heterocycles. The first-order valence-electron chi connectivity index (χ1n) is 10.3. The lowest BCUT2D eigenvalue weighted by atomic mass is 9.80. The molecule has 0 aromatic heterocycles. The van der Waals surface area contributed by atoms with Gasteiger partial charge in [0.1, 0.15) is 0 Å². The van der Waals surface area contributed by atoms with Gasteiger partial charge in [-0.15, -0.1) is 0 Å². The summed E-state index contributed by atoms with van der Waals surface area (Å²) in [7, 11) is 2.01. The van der Waals surface area contributed by atoms with Crippen LogP contribution in [-0.2, 0) is 4.79 Å². The molecule has 1 heterocycles. The molecule has 0 aromatic rings. The van der Waals surface area contributed by atoms with Gasteiger partial charge in [-0.05, 0) is 46.3 Å². The molecule has 0 spiro atoms. The van der Waals surface area contributed by atoms with Gasteiger partial charge in [0.05, 0.1) is 5.41 Å². The number of rotatable bonds is 13. The normalized spacial score (nSPS) is 16.0. The highest BCUT2D eigenvalue weighted by atomic mass is 16.2. The molecule has 1 rings (SSSR count). The van der Waals surface area contributed by atoms with E-state index in [1.165, 1.54) is 44.9 Å². The highest BCUT2D eigenvalue weighted by molar-refractivity contribution is 5.83. The van der Waals surface area contributed by atoms with Crippen LogP contribution in [0, 0.1) is 5.41 Å². The fourth-order valence-electron chi connectivity index (χ4n) is 3.17. The summed E-state index contributed by atoms with van der Waals surface area (Å²) in [6.07, 6.45) is 10.0. The van der Waals surface area contributed by atoms with Crippen molar-refractivity contribution < 1.29 is 4.79 Å². The fourth-order valence-corrected chi connectivity index (χ4v) is 3.17. The zero-order valence-corrected chi connectivity index (χ0v) is 17.0. The minimum absolute atomic E-state index is 0.138. The molecule has 0 bridgehead atoms. The maximum atomic E-state index is 12.2. The molecule has 0 atom stereocenters. The average Bonchev–Trinajstić information content (AvgIpc) is 2.57. The number of nitrogens with one attached hydrogen (secondary N) is 2. The van der Waals surface area contributed by atoms with Crippen molar-refractivity contribution in [2.24, 2.45) is 5.41 Å². The Morgan fingerprint density at radius 2 is 1.50 bits per heavy atom. The van der Waals surface area contributed by atoms with E-state index in [0.29, 0.717) is 0 Å². The summed E-state index contributed by atoms with van der Waals surface area (Å²) in [5.41, 5.74) is -0.138. The van der Waals surface area contributed by atoms with Crippen LogP contribution in [0.2, 0.25) is 0 Å². The summed E-state index contributed by atoms with van der Waals surface area (Å²) >= 11 is 0. The van der Waals surface area contributed by atoms with E-state index in [2.05, 4.69) is 29.4 Å². The summed E-state index contributed by atoms with van der Waals surface area (Å²) < 4.78 is 0. The summed E-state index contributed by atoms with van der Waals surface area (Å²) in [5.74, 6) is 0.259. The Hall–Kier alpha value is -0.610. The van der Waals surface area contributed by atoms with Crippen molar-refractivity contribution >= 4 is 5.91 Å². The smallest absolute Gasteiger partial charge is 0.228 e. The summed E-state index contributed by atoms with van der Waals surface area (Å²) in [6, 6.07) is 0. The number of hydrogen-bond donors (Lipinski definition) is 2. The minimum atomic E-state index is -0.138. The molecule has 144 valence electrons. The highest BCUT2D eigenvalue weighted by Crippen LogP contribution is 2.30. The quantitative estimate of drug-likeness (QED) is 0.501. The van der Waals surface area contributed by atoms with Crippen molar-refractivity contribution in [2.75, 3.05) is 39.8 Å². The number of carbonyl (C=O) groups excluding carboxylic acids is 1. The molecule has 4 nitrogen and oxygen atoms in total. The summed E-state index contributed by atoms with van der Waals surface area (Å²) in [5, 5.41) is 6.32.